The van der Waals surface area contributed by atoms with Crippen LogP contribution in [0.3, 0.4) is 0 Å². The fraction of sp³-hybridized carbons (Fsp3) is 0.0714. The number of aliphatic hydroxyl groups excluding tert-OH is 1. The first-order valence-electron chi connectivity index (χ1n) is 5.62. The Morgan fingerprint density at radius 1 is 1.21 bits per heavy atom. The van der Waals surface area contributed by atoms with Gasteiger partial charge >= 0.3 is 0 Å². The summed E-state index contributed by atoms with van der Waals surface area (Å²) in [7, 11) is 0. The Hall–Kier alpha value is -2.40. The maximum atomic E-state index is 13.6. The van der Waals surface area contributed by atoms with Crippen molar-refractivity contribution in [3.63, 3.8) is 0 Å². The van der Waals surface area contributed by atoms with E-state index in [0.717, 1.165) is 5.56 Å². The minimum atomic E-state index is -0.600. The maximum absolute atomic E-state index is 13.6. The number of aliphatic hydroxyl groups is 1. The number of amidine groups is 1. The molecule has 0 bridgehead atoms. The first-order valence-corrected chi connectivity index (χ1v) is 5.62. The van der Waals surface area contributed by atoms with E-state index in [1.165, 1.54) is 12.1 Å². The number of nitrogens with two attached hydrogens (primary N) is 1. The van der Waals surface area contributed by atoms with Gasteiger partial charge in [-0.2, -0.15) is 0 Å². The quantitative estimate of drug-likeness (QED) is 0.583. The summed E-state index contributed by atoms with van der Waals surface area (Å²) < 4.78 is 19.1. The van der Waals surface area contributed by atoms with Crippen molar-refractivity contribution in [2.75, 3.05) is 0 Å². The minimum Gasteiger partial charge on any atom is -0.456 e. The van der Waals surface area contributed by atoms with E-state index >= 15 is 0 Å². The number of nitrogen functional groups attached to an aromatic ring is 1. The Labute approximate surface area is 109 Å². The third kappa shape index (κ3) is 2.89. The second-order valence-corrected chi connectivity index (χ2v) is 3.93. The lowest BCUT2D eigenvalue weighted by atomic mass is 10.1. The molecule has 0 aromatic heterocycles. The SMILES string of the molecule is N=C(N)c1c(F)cccc1Oc1ccc(CO)cc1. The van der Waals surface area contributed by atoms with Gasteiger partial charge in [-0.25, -0.2) is 4.39 Å². The smallest absolute Gasteiger partial charge is 0.141 e. The van der Waals surface area contributed by atoms with Crippen LogP contribution >= 0.6 is 0 Å². The molecule has 0 saturated heterocycles. The molecule has 0 aliphatic carbocycles. The Kier molecular flexibility index (Phi) is 3.77. The largest absolute Gasteiger partial charge is 0.456 e. The van der Waals surface area contributed by atoms with Crippen molar-refractivity contribution in [1.82, 2.24) is 0 Å². The van der Waals surface area contributed by atoms with Crippen LogP contribution in [0.5, 0.6) is 11.5 Å². The molecule has 0 amide bonds. The van der Waals surface area contributed by atoms with E-state index in [-0.39, 0.29) is 23.8 Å². The van der Waals surface area contributed by atoms with Gasteiger partial charge in [0.2, 0.25) is 0 Å². The summed E-state index contributed by atoms with van der Waals surface area (Å²) in [6.07, 6.45) is 0. The lowest BCUT2D eigenvalue weighted by Crippen LogP contribution is -2.14. The zero-order valence-corrected chi connectivity index (χ0v) is 10.1. The van der Waals surface area contributed by atoms with Gasteiger partial charge in [0.1, 0.15) is 23.2 Å². The molecule has 0 unspecified atom stereocenters. The van der Waals surface area contributed by atoms with Crippen LogP contribution in [0.4, 0.5) is 4.39 Å². The molecule has 0 aliphatic rings. The Morgan fingerprint density at radius 3 is 2.47 bits per heavy atom. The summed E-state index contributed by atoms with van der Waals surface area (Å²) in [5.74, 6) is -0.327. The van der Waals surface area contributed by atoms with E-state index < -0.39 is 5.82 Å². The predicted molar refractivity (Wildman–Crippen MR) is 69.9 cm³/mol. The zero-order valence-electron chi connectivity index (χ0n) is 10.1. The highest BCUT2D eigenvalue weighted by molar-refractivity contribution is 5.98. The third-order valence-electron chi connectivity index (χ3n) is 2.58. The van der Waals surface area contributed by atoms with Crippen LogP contribution < -0.4 is 10.5 Å². The summed E-state index contributed by atoms with van der Waals surface area (Å²) in [5.41, 5.74) is 6.03. The number of rotatable bonds is 4. The van der Waals surface area contributed by atoms with Crippen LogP contribution in [0.1, 0.15) is 11.1 Å². The number of hydrogen-bond donors (Lipinski definition) is 3. The molecular formula is C14H13FN2O2. The second-order valence-electron chi connectivity index (χ2n) is 3.93. The number of ether oxygens (including phenoxy) is 1. The number of nitrogens with one attached hydrogen (secondary N) is 1. The molecule has 0 radical (unpaired) electrons. The summed E-state index contributed by atoms with van der Waals surface area (Å²) in [5, 5.41) is 16.3. The monoisotopic (exact) mass is 260 g/mol. The Bertz CT molecular complexity index is 597. The average Bonchev–Trinajstić information content (AvgIpc) is 2.39. The topological polar surface area (TPSA) is 79.3 Å². The molecule has 19 heavy (non-hydrogen) atoms. The highest BCUT2D eigenvalue weighted by atomic mass is 19.1. The van der Waals surface area contributed by atoms with E-state index in [1.54, 1.807) is 30.3 Å². The third-order valence-corrected chi connectivity index (χ3v) is 2.58. The summed E-state index contributed by atoms with van der Waals surface area (Å²) >= 11 is 0. The molecule has 0 atom stereocenters. The molecule has 98 valence electrons. The first-order chi connectivity index (χ1) is 9.11. The summed E-state index contributed by atoms with van der Waals surface area (Å²) in [6, 6.07) is 10.9. The van der Waals surface area contributed by atoms with Crippen LogP contribution in [-0.2, 0) is 6.61 Å². The van der Waals surface area contributed by atoms with Gasteiger partial charge in [-0.15, -0.1) is 0 Å². The lowest BCUT2D eigenvalue weighted by molar-refractivity contribution is 0.281. The average molecular weight is 260 g/mol. The molecular weight excluding hydrogens is 247 g/mol. The number of hydrogen-bond acceptors (Lipinski definition) is 3. The molecule has 2 aromatic rings. The first kappa shape index (κ1) is 13.0. The van der Waals surface area contributed by atoms with Crippen LogP contribution in [-0.4, -0.2) is 10.9 Å². The van der Waals surface area contributed by atoms with Gasteiger partial charge in [-0.05, 0) is 29.8 Å². The van der Waals surface area contributed by atoms with E-state index in [9.17, 15) is 4.39 Å². The molecule has 0 fully saturated rings. The lowest BCUT2D eigenvalue weighted by Gasteiger charge is -2.11. The Morgan fingerprint density at radius 2 is 1.89 bits per heavy atom. The van der Waals surface area contributed by atoms with E-state index in [1.807, 2.05) is 0 Å². The van der Waals surface area contributed by atoms with Crippen molar-refractivity contribution in [1.29, 1.82) is 5.41 Å². The molecule has 0 saturated carbocycles. The van der Waals surface area contributed by atoms with E-state index in [4.69, 9.17) is 21.0 Å². The van der Waals surface area contributed by atoms with Gasteiger partial charge in [-0.3, -0.25) is 5.41 Å². The number of halogens is 1. The molecule has 4 nitrogen and oxygen atoms in total. The highest BCUT2D eigenvalue weighted by Crippen LogP contribution is 2.27. The standard InChI is InChI=1S/C14H13FN2O2/c15-11-2-1-3-12(13(11)14(16)17)19-10-6-4-9(8-18)5-7-10/h1-7,18H,8H2,(H3,16,17). The van der Waals surface area contributed by atoms with Crippen LogP contribution in [0.15, 0.2) is 42.5 Å². The minimum absolute atomic E-state index is 0.0566. The second kappa shape index (κ2) is 5.49. The molecule has 5 heteroatoms. The summed E-state index contributed by atoms with van der Waals surface area (Å²) in [4.78, 5) is 0. The molecule has 4 N–H and O–H groups in total. The molecule has 2 aromatic carbocycles. The van der Waals surface area contributed by atoms with Crippen molar-refractivity contribution in [2.45, 2.75) is 6.61 Å². The van der Waals surface area contributed by atoms with Gasteiger partial charge < -0.3 is 15.6 Å². The van der Waals surface area contributed by atoms with Crippen LogP contribution in [0.25, 0.3) is 0 Å². The van der Waals surface area contributed by atoms with Gasteiger partial charge in [0.05, 0.1) is 12.2 Å². The predicted octanol–water partition coefficient (Wildman–Crippen LogP) is 2.39. The maximum Gasteiger partial charge on any atom is 0.141 e. The highest BCUT2D eigenvalue weighted by Gasteiger charge is 2.13. The van der Waals surface area contributed by atoms with E-state index in [2.05, 4.69) is 0 Å². The molecule has 0 aliphatic heterocycles. The van der Waals surface area contributed by atoms with Gasteiger partial charge in [0, 0.05) is 0 Å². The van der Waals surface area contributed by atoms with Crippen molar-refractivity contribution in [2.24, 2.45) is 5.73 Å². The zero-order chi connectivity index (χ0) is 13.8. The van der Waals surface area contributed by atoms with Gasteiger partial charge in [0.25, 0.3) is 0 Å². The van der Waals surface area contributed by atoms with Gasteiger partial charge in [0.15, 0.2) is 0 Å². The Balaban J connectivity index is 2.32. The van der Waals surface area contributed by atoms with Gasteiger partial charge in [-0.1, -0.05) is 18.2 Å². The molecule has 2 rings (SSSR count). The van der Waals surface area contributed by atoms with Crippen molar-refractivity contribution < 1.29 is 14.2 Å². The van der Waals surface area contributed by atoms with Crippen LogP contribution in [0, 0.1) is 11.2 Å². The van der Waals surface area contributed by atoms with Crippen molar-refractivity contribution in [3.05, 3.63) is 59.4 Å². The molecule has 0 spiro atoms. The normalized spacial score (nSPS) is 10.2. The van der Waals surface area contributed by atoms with Crippen molar-refractivity contribution >= 4 is 5.84 Å². The van der Waals surface area contributed by atoms with E-state index in [0.29, 0.717) is 5.75 Å². The molecule has 0 heterocycles. The van der Waals surface area contributed by atoms with Crippen molar-refractivity contribution in [3.8, 4) is 11.5 Å². The fourth-order valence-corrected chi connectivity index (χ4v) is 1.64. The fourth-order valence-electron chi connectivity index (χ4n) is 1.64. The number of benzene rings is 2. The van der Waals surface area contributed by atoms with Crippen LogP contribution in [0.2, 0.25) is 0 Å². The summed E-state index contributed by atoms with van der Waals surface area (Å²) in [6.45, 7) is -0.0566.